The number of nitrogens with zero attached hydrogens (tertiary/aromatic N) is 2. The summed E-state index contributed by atoms with van der Waals surface area (Å²) in [5.41, 5.74) is -0.00734. The molecule has 2 aliphatic heterocycles. The summed E-state index contributed by atoms with van der Waals surface area (Å²) in [5, 5.41) is 12.4. The van der Waals surface area contributed by atoms with E-state index in [2.05, 4.69) is 31.0 Å². The molecule has 0 saturated carbocycles. The van der Waals surface area contributed by atoms with Crippen LogP contribution in [0.5, 0.6) is 0 Å². The van der Waals surface area contributed by atoms with Gasteiger partial charge in [0.2, 0.25) is 0 Å². The summed E-state index contributed by atoms with van der Waals surface area (Å²) in [6.45, 7) is 10.7. The second kappa shape index (κ2) is 8.34. The predicted molar refractivity (Wildman–Crippen MR) is 93.5 cm³/mol. The van der Waals surface area contributed by atoms with Crippen LogP contribution in [0.1, 0.15) is 59.3 Å². The Bertz CT molecular complexity index is 384. The average Bonchev–Trinajstić information content (AvgIpc) is 2.53. The van der Waals surface area contributed by atoms with Gasteiger partial charge >= 0.3 is 6.03 Å². The van der Waals surface area contributed by atoms with Crippen LogP contribution in [0.15, 0.2) is 0 Å². The van der Waals surface area contributed by atoms with Crippen molar-refractivity contribution < 1.29 is 9.90 Å². The zero-order valence-electron chi connectivity index (χ0n) is 15.2. The van der Waals surface area contributed by atoms with E-state index in [0.717, 1.165) is 44.8 Å². The van der Waals surface area contributed by atoms with Gasteiger partial charge in [-0.3, -0.25) is 4.90 Å². The van der Waals surface area contributed by atoms with Crippen molar-refractivity contribution >= 4 is 6.03 Å². The van der Waals surface area contributed by atoms with Crippen molar-refractivity contribution in [3.8, 4) is 0 Å². The third-order valence-corrected chi connectivity index (χ3v) is 5.54. The molecule has 5 heteroatoms. The lowest BCUT2D eigenvalue weighted by Gasteiger charge is -2.43. The summed E-state index contributed by atoms with van der Waals surface area (Å²) >= 11 is 0. The van der Waals surface area contributed by atoms with E-state index >= 15 is 0 Å². The molecule has 0 aliphatic carbocycles. The largest absolute Gasteiger partial charge is 0.396 e. The van der Waals surface area contributed by atoms with E-state index in [1.54, 1.807) is 0 Å². The molecule has 2 aliphatic rings. The van der Waals surface area contributed by atoms with Crippen LogP contribution < -0.4 is 5.32 Å². The fourth-order valence-corrected chi connectivity index (χ4v) is 3.96. The van der Waals surface area contributed by atoms with Gasteiger partial charge in [-0.15, -0.1) is 0 Å². The highest BCUT2D eigenvalue weighted by Gasteiger charge is 2.32. The normalized spacial score (nSPS) is 27.0. The van der Waals surface area contributed by atoms with Gasteiger partial charge in [0.05, 0.1) is 0 Å². The molecule has 0 aromatic rings. The minimum atomic E-state index is -0.00734. The Morgan fingerprint density at radius 1 is 1.22 bits per heavy atom. The Kier molecular flexibility index (Phi) is 6.72. The molecule has 0 bridgehead atoms. The molecule has 5 nitrogen and oxygen atoms in total. The highest BCUT2D eigenvalue weighted by atomic mass is 16.3. The third kappa shape index (κ3) is 5.08. The monoisotopic (exact) mass is 325 g/mol. The summed E-state index contributed by atoms with van der Waals surface area (Å²) < 4.78 is 0. The number of nitrogens with one attached hydrogen (secondary N) is 1. The number of carbonyl (C=O) groups is 1. The lowest BCUT2D eigenvalue weighted by Crippen LogP contribution is -2.57. The zero-order chi connectivity index (χ0) is 16.9. The molecule has 0 spiro atoms. The van der Waals surface area contributed by atoms with Gasteiger partial charge in [0.1, 0.15) is 0 Å². The van der Waals surface area contributed by atoms with Crippen LogP contribution in [-0.4, -0.2) is 65.3 Å². The molecule has 2 unspecified atom stereocenters. The second-order valence-electron chi connectivity index (χ2n) is 8.02. The molecule has 2 N–H and O–H groups in total. The molecule has 2 atom stereocenters. The number of hydrogen-bond acceptors (Lipinski definition) is 3. The first-order valence-corrected chi connectivity index (χ1v) is 9.34. The lowest BCUT2D eigenvalue weighted by molar-refractivity contribution is 0.0688. The van der Waals surface area contributed by atoms with Gasteiger partial charge in [0.15, 0.2) is 0 Å². The first-order chi connectivity index (χ1) is 10.9. The van der Waals surface area contributed by atoms with Crippen LogP contribution in [0.2, 0.25) is 0 Å². The van der Waals surface area contributed by atoms with Crippen LogP contribution in [0.25, 0.3) is 0 Å². The van der Waals surface area contributed by atoms with Gasteiger partial charge < -0.3 is 15.3 Å². The Morgan fingerprint density at radius 3 is 2.70 bits per heavy atom. The van der Waals surface area contributed by atoms with Crippen LogP contribution in [0, 0.1) is 5.92 Å². The highest BCUT2D eigenvalue weighted by Crippen LogP contribution is 2.24. The number of rotatable bonds is 5. The van der Waals surface area contributed by atoms with Gasteiger partial charge in [-0.2, -0.15) is 0 Å². The molecular formula is C18H35N3O2. The van der Waals surface area contributed by atoms with Gasteiger partial charge in [-0.25, -0.2) is 4.79 Å². The highest BCUT2D eigenvalue weighted by molar-refractivity contribution is 5.74. The molecule has 23 heavy (non-hydrogen) atoms. The van der Waals surface area contributed by atoms with E-state index < -0.39 is 0 Å². The summed E-state index contributed by atoms with van der Waals surface area (Å²) in [7, 11) is 0. The van der Waals surface area contributed by atoms with Crippen molar-refractivity contribution in [2.75, 3.05) is 32.8 Å². The lowest BCUT2D eigenvalue weighted by atomic mass is 9.93. The van der Waals surface area contributed by atoms with Crippen LogP contribution in [-0.2, 0) is 0 Å². The van der Waals surface area contributed by atoms with Gasteiger partial charge in [-0.1, -0.05) is 6.92 Å². The first kappa shape index (κ1) is 18.5. The van der Waals surface area contributed by atoms with E-state index in [9.17, 15) is 9.90 Å². The molecule has 2 heterocycles. The fraction of sp³-hybridized carbons (Fsp3) is 0.944. The Balaban J connectivity index is 1.86. The summed E-state index contributed by atoms with van der Waals surface area (Å²) in [5.74, 6) is 0.745. The van der Waals surface area contributed by atoms with Crippen molar-refractivity contribution in [2.45, 2.75) is 70.9 Å². The number of aliphatic hydroxyl groups excluding tert-OH is 1. The van der Waals surface area contributed by atoms with Crippen LogP contribution >= 0.6 is 0 Å². The topological polar surface area (TPSA) is 55.8 Å². The van der Waals surface area contributed by atoms with Crippen molar-refractivity contribution in [3.63, 3.8) is 0 Å². The Hall–Kier alpha value is -0.810. The molecule has 2 fully saturated rings. The quantitative estimate of drug-likeness (QED) is 0.816. The molecule has 2 rings (SSSR count). The van der Waals surface area contributed by atoms with Gasteiger partial charge in [0.25, 0.3) is 0 Å². The standard InChI is InChI=1S/C18H35N3O2/c1-15-7-6-10-20(13-15)18(2,3)14-19-17(23)21-11-5-4-8-16(21)9-12-22/h15-16,22H,4-14H2,1-3H3,(H,19,23). The smallest absolute Gasteiger partial charge is 0.317 e. The number of likely N-dealkylation sites (tertiary alicyclic amines) is 2. The number of piperidine rings is 2. The number of aliphatic hydroxyl groups is 1. The molecule has 2 saturated heterocycles. The number of hydrogen-bond donors (Lipinski definition) is 2. The minimum absolute atomic E-state index is 0.00734. The van der Waals surface area contributed by atoms with E-state index in [4.69, 9.17) is 0 Å². The molecule has 0 aromatic carbocycles. The third-order valence-electron chi connectivity index (χ3n) is 5.54. The van der Waals surface area contributed by atoms with E-state index in [1.807, 2.05) is 4.90 Å². The predicted octanol–water partition coefficient (Wildman–Crippen LogP) is 2.44. The number of carbonyl (C=O) groups excluding carboxylic acids is 1. The molecular weight excluding hydrogens is 290 g/mol. The Morgan fingerprint density at radius 2 is 2.00 bits per heavy atom. The second-order valence-corrected chi connectivity index (χ2v) is 8.02. The van der Waals surface area contributed by atoms with Gasteiger partial charge in [0, 0.05) is 37.8 Å². The van der Waals surface area contributed by atoms with Crippen molar-refractivity contribution in [1.29, 1.82) is 0 Å². The van der Waals surface area contributed by atoms with Gasteiger partial charge in [-0.05, 0) is 64.8 Å². The number of urea groups is 1. The van der Waals surface area contributed by atoms with Crippen molar-refractivity contribution in [3.05, 3.63) is 0 Å². The summed E-state index contributed by atoms with van der Waals surface area (Å²) in [6, 6.07) is 0.244. The summed E-state index contributed by atoms with van der Waals surface area (Å²) in [6.07, 6.45) is 6.51. The molecule has 0 aromatic heterocycles. The molecule has 0 radical (unpaired) electrons. The summed E-state index contributed by atoms with van der Waals surface area (Å²) in [4.78, 5) is 17.0. The van der Waals surface area contributed by atoms with E-state index in [-0.39, 0.29) is 24.2 Å². The zero-order valence-corrected chi connectivity index (χ0v) is 15.2. The average molecular weight is 325 g/mol. The SMILES string of the molecule is CC1CCCN(C(C)(C)CNC(=O)N2CCCCC2CCO)C1. The van der Waals surface area contributed by atoms with Crippen LogP contribution in [0.4, 0.5) is 4.79 Å². The van der Waals surface area contributed by atoms with Crippen molar-refractivity contribution in [2.24, 2.45) is 5.92 Å². The molecule has 2 amide bonds. The molecule has 134 valence electrons. The maximum Gasteiger partial charge on any atom is 0.317 e. The minimum Gasteiger partial charge on any atom is -0.396 e. The van der Waals surface area contributed by atoms with Crippen LogP contribution in [0.3, 0.4) is 0 Å². The number of amides is 2. The maximum absolute atomic E-state index is 12.6. The Labute approximate surface area is 141 Å². The maximum atomic E-state index is 12.6. The van der Waals surface area contributed by atoms with E-state index in [1.165, 1.54) is 12.8 Å². The first-order valence-electron chi connectivity index (χ1n) is 9.34. The fourth-order valence-electron chi connectivity index (χ4n) is 3.96. The van der Waals surface area contributed by atoms with E-state index in [0.29, 0.717) is 13.0 Å². The van der Waals surface area contributed by atoms with Crippen molar-refractivity contribution in [1.82, 2.24) is 15.1 Å².